The van der Waals surface area contributed by atoms with Crippen molar-refractivity contribution in [2.45, 2.75) is 44.9 Å². The van der Waals surface area contributed by atoms with Crippen LogP contribution in [0.2, 0.25) is 0 Å². The fourth-order valence-corrected chi connectivity index (χ4v) is 4.87. The minimum absolute atomic E-state index is 0.00460. The molecular formula is C19H23N3O6S. The van der Waals surface area contributed by atoms with Gasteiger partial charge in [0.05, 0.1) is 17.5 Å². The molecule has 1 aromatic carbocycles. The molecule has 29 heavy (non-hydrogen) atoms. The Morgan fingerprint density at radius 3 is 2.66 bits per heavy atom. The Morgan fingerprint density at radius 2 is 2.00 bits per heavy atom. The van der Waals surface area contributed by atoms with Gasteiger partial charge in [0.25, 0.3) is 5.91 Å². The van der Waals surface area contributed by atoms with Crippen molar-refractivity contribution in [2.75, 3.05) is 11.5 Å². The van der Waals surface area contributed by atoms with Crippen LogP contribution in [0.4, 0.5) is 0 Å². The number of hydrogen-bond donors (Lipinski definition) is 1. The van der Waals surface area contributed by atoms with Crippen molar-refractivity contribution in [1.82, 2.24) is 10.3 Å². The Morgan fingerprint density at radius 1 is 1.28 bits per heavy atom. The van der Waals surface area contributed by atoms with Crippen molar-refractivity contribution in [3.8, 4) is 0 Å². The number of amides is 2. The largest absolute Gasteiger partial charge is 0.448 e. The van der Waals surface area contributed by atoms with Crippen molar-refractivity contribution >= 4 is 33.3 Å². The van der Waals surface area contributed by atoms with Gasteiger partial charge in [-0.25, -0.2) is 18.2 Å². The summed E-state index contributed by atoms with van der Waals surface area (Å²) in [5, 5.41) is 7.82. The van der Waals surface area contributed by atoms with Crippen molar-refractivity contribution in [3.05, 3.63) is 35.9 Å². The molecule has 1 fully saturated rings. The summed E-state index contributed by atoms with van der Waals surface area (Å²) < 4.78 is 28.5. The van der Waals surface area contributed by atoms with Gasteiger partial charge in [-0.3, -0.25) is 9.59 Å². The van der Waals surface area contributed by atoms with E-state index in [2.05, 4.69) is 10.4 Å². The lowest BCUT2D eigenvalue weighted by atomic mass is 10.1. The summed E-state index contributed by atoms with van der Waals surface area (Å²) in [5.74, 6) is -1.73. The second-order valence-electron chi connectivity index (χ2n) is 7.09. The molecule has 156 valence electrons. The molecule has 1 aromatic rings. The van der Waals surface area contributed by atoms with E-state index in [0.29, 0.717) is 6.54 Å². The van der Waals surface area contributed by atoms with E-state index < -0.39 is 33.9 Å². The lowest BCUT2D eigenvalue weighted by Gasteiger charge is -2.27. The van der Waals surface area contributed by atoms with Crippen molar-refractivity contribution in [3.63, 3.8) is 0 Å². The lowest BCUT2D eigenvalue weighted by molar-refractivity contribution is -0.149. The van der Waals surface area contributed by atoms with E-state index in [9.17, 15) is 22.8 Å². The Bertz CT molecular complexity index is 929. The number of benzene rings is 1. The number of esters is 1. The van der Waals surface area contributed by atoms with Crippen LogP contribution in [0.1, 0.15) is 31.7 Å². The quantitative estimate of drug-likeness (QED) is 0.664. The molecule has 2 heterocycles. The standard InChI is InChI=1S/C19H23N3O6S/c1-13(18(24)20-11-14-5-3-2-4-6-14)28-19(25)16-7-8-17(23)22(21-16)15-9-10-29(26,27)12-15/h2-6,13,15H,7-12H2,1H3,(H,20,24)/t13-,15-/m1/s1. The van der Waals surface area contributed by atoms with E-state index >= 15 is 0 Å². The number of nitrogens with zero attached hydrogens (tertiary/aromatic N) is 2. The van der Waals surface area contributed by atoms with E-state index in [-0.39, 0.29) is 42.4 Å². The number of hydrogen-bond acceptors (Lipinski definition) is 7. The van der Waals surface area contributed by atoms with Crippen LogP contribution >= 0.6 is 0 Å². The van der Waals surface area contributed by atoms with Crippen LogP contribution in [-0.2, 0) is 35.5 Å². The Kier molecular flexibility index (Phi) is 6.31. The molecule has 0 aliphatic carbocycles. The zero-order valence-electron chi connectivity index (χ0n) is 16.0. The summed E-state index contributed by atoms with van der Waals surface area (Å²) in [7, 11) is -3.20. The molecule has 3 rings (SSSR count). The van der Waals surface area contributed by atoms with Gasteiger partial charge in [0, 0.05) is 19.4 Å². The molecule has 1 N–H and O–H groups in total. The first kappa shape index (κ1) is 21.0. The van der Waals surface area contributed by atoms with Gasteiger partial charge in [-0.1, -0.05) is 30.3 Å². The van der Waals surface area contributed by atoms with Gasteiger partial charge in [0.1, 0.15) is 5.71 Å². The predicted molar refractivity (Wildman–Crippen MR) is 104 cm³/mol. The SMILES string of the molecule is C[C@@H](OC(=O)C1=NN([C@@H]2CCS(=O)(=O)C2)C(=O)CC1)C(=O)NCc1ccccc1. The van der Waals surface area contributed by atoms with Crippen LogP contribution in [0.15, 0.2) is 35.4 Å². The second-order valence-corrected chi connectivity index (χ2v) is 9.32. The van der Waals surface area contributed by atoms with Crippen molar-refractivity contribution in [2.24, 2.45) is 5.10 Å². The van der Waals surface area contributed by atoms with Gasteiger partial charge in [0.2, 0.25) is 5.91 Å². The fourth-order valence-electron chi connectivity index (χ4n) is 3.18. The van der Waals surface area contributed by atoms with E-state index in [1.54, 1.807) is 0 Å². The molecule has 0 spiro atoms. The smallest absolute Gasteiger partial charge is 0.355 e. The number of sulfone groups is 1. The van der Waals surface area contributed by atoms with Gasteiger partial charge in [0.15, 0.2) is 15.9 Å². The van der Waals surface area contributed by atoms with Crippen LogP contribution in [-0.4, -0.2) is 60.6 Å². The van der Waals surface area contributed by atoms with Crippen molar-refractivity contribution < 1.29 is 27.5 Å². The van der Waals surface area contributed by atoms with Crippen LogP contribution in [0, 0.1) is 0 Å². The average Bonchev–Trinajstić information content (AvgIpc) is 3.06. The summed E-state index contributed by atoms with van der Waals surface area (Å²) in [4.78, 5) is 36.7. The molecule has 2 amide bonds. The van der Waals surface area contributed by atoms with Crippen LogP contribution in [0.5, 0.6) is 0 Å². The average molecular weight is 421 g/mol. The third-order valence-electron chi connectivity index (χ3n) is 4.81. The Hall–Kier alpha value is -2.75. The number of carbonyl (C=O) groups excluding carboxylic acids is 3. The maximum absolute atomic E-state index is 12.4. The number of hydrazone groups is 1. The molecule has 9 nitrogen and oxygen atoms in total. The van der Waals surface area contributed by atoms with E-state index in [0.717, 1.165) is 10.6 Å². The number of rotatable bonds is 6. The maximum Gasteiger partial charge on any atom is 0.355 e. The number of ether oxygens (including phenoxy) is 1. The molecule has 0 aromatic heterocycles. The molecule has 2 aliphatic heterocycles. The molecular weight excluding hydrogens is 398 g/mol. The molecule has 10 heteroatoms. The molecule has 2 atom stereocenters. The van der Waals surface area contributed by atoms with E-state index in [1.165, 1.54) is 6.92 Å². The van der Waals surface area contributed by atoms with Gasteiger partial charge in [-0.2, -0.15) is 5.10 Å². The van der Waals surface area contributed by atoms with Gasteiger partial charge >= 0.3 is 5.97 Å². The summed E-state index contributed by atoms with van der Waals surface area (Å²) >= 11 is 0. The summed E-state index contributed by atoms with van der Waals surface area (Å²) in [6.45, 7) is 1.76. The third-order valence-corrected chi connectivity index (χ3v) is 6.56. The molecule has 0 radical (unpaired) electrons. The summed E-state index contributed by atoms with van der Waals surface area (Å²) in [6.07, 6.45) is -0.615. The molecule has 2 aliphatic rings. The minimum atomic E-state index is -3.20. The van der Waals surface area contributed by atoms with Crippen LogP contribution in [0.3, 0.4) is 0 Å². The number of nitrogens with one attached hydrogen (secondary N) is 1. The maximum atomic E-state index is 12.4. The zero-order chi connectivity index (χ0) is 21.0. The first-order chi connectivity index (χ1) is 13.7. The summed E-state index contributed by atoms with van der Waals surface area (Å²) in [6, 6.07) is 8.74. The van der Waals surface area contributed by atoms with Gasteiger partial charge in [-0.15, -0.1) is 0 Å². The molecule has 0 bridgehead atoms. The fraction of sp³-hybridized carbons (Fsp3) is 0.474. The molecule has 0 saturated carbocycles. The molecule has 0 unspecified atom stereocenters. The highest BCUT2D eigenvalue weighted by Gasteiger charge is 2.37. The highest BCUT2D eigenvalue weighted by atomic mass is 32.2. The second kappa shape index (κ2) is 8.73. The normalized spacial score (nSPS) is 22.0. The lowest BCUT2D eigenvalue weighted by Crippen LogP contribution is -2.43. The highest BCUT2D eigenvalue weighted by molar-refractivity contribution is 7.91. The van der Waals surface area contributed by atoms with Crippen LogP contribution < -0.4 is 5.32 Å². The topological polar surface area (TPSA) is 122 Å². The Balaban J connectivity index is 1.58. The molecule has 1 saturated heterocycles. The monoisotopic (exact) mass is 421 g/mol. The highest BCUT2D eigenvalue weighted by Crippen LogP contribution is 2.22. The van der Waals surface area contributed by atoms with E-state index in [1.807, 2.05) is 30.3 Å². The van der Waals surface area contributed by atoms with Crippen LogP contribution in [0.25, 0.3) is 0 Å². The summed E-state index contributed by atoms with van der Waals surface area (Å²) in [5.41, 5.74) is 0.924. The Labute approximate surface area is 169 Å². The van der Waals surface area contributed by atoms with E-state index in [4.69, 9.17) is 4.74 Å². The minimum Gasteiger partial charge on any atom is -0.448 e. The first-order valence-electron chi connectivity index (χ1n) is 9.38. The zero-order valence-corrected chi connectivity index (χ0v) is 16.9. The van der Waals surface area contributed by atoms with Gasteiger partial charge in [-0.05, 0) is 18.9 Å². The number of carbonyl (C=O) groups is 3. The predicted octanol–water partition coefficient (Wildman–Crippen LogP) is 0.400. The van der Waals surface area contributed by atoms with Crippen molar-refractivity contribution in [1.29, 1.82) is 0 Å². The third kappa shape index (κ3) is 5.41. The van der Waals surface area contributed by atoms with Gasteiger partial charge < -0.3 is 10.1 Å². The first-order valence-corrected chi connectivity index (χ1v) is 11.2.